The molecule has 0 amide bonds. The standard InChI is InChI=1S/C25H24O4/c26-9-11-28-22-14-18-5-1-3-7-24(18)20(16-22)13-21-17-23(29-12-10-27)15-19-6-2-4-8-25(19)21/h1-8,14-17,26-27H,9-13H2. The van der Waals surface area contributed by atoms with Gasteiger partial charge in [0.1, 0.15) is 24.7 Å². The smallest absolute Gasteiger partial charge is 0.120 e. The van der Waals surface area contributed by atoms with Crippen molar-refractivity contribution in [3.63, 3.8) is 0 Å². The van der Waals surface area contributed by atoms with Crippen LogP contribution in [0.4, 0.5) is 0 Å². The molecule has 4 nitrogen and oxygen atoms in total. The predicted molar refractivity (Wildman–Crippen MR) is 116 cm³/mol. The molecule has 4 heteroatoms. The fourth-order valence-electron chi connectivity index (χ4n) is 3.71. The summed E-state index contributed by atoms with van der Waals surface area (Å²) in [4.78, 5) is 0. The van der Waals surface area contributed by atoms with Crippen LogP contribution >= 0.6 is 0 Å². The number of aliphatic hydroxyl groups is 2. The minimum atomic E-state index is -0.0168. The molecule has 29 heavy (non-hydrogen) atoms. The highest BCUT2D eigenvalue weighted by Gasteiger charge is 2.10. The average molecular weight is 388 g/mol. The van der Waals surface area contributed by atoms with Gasteiger partial charge in [-0.15, -0.1) is 0 Å². The fourth-order valence-corrected chi connectivity index (χ4v) is 3.71. The van der Waals surface area contributed by atoms with E-state index in [1.165, 1.54) is 10.8 Å². The summed E-state index contributed by atoms with van der Waals surface area (Å²) in [6.07, 6.45) is 0.716. The summed E-state index contributed by atoms with van der Waals surface area (Å²) in [5, 5.41) is 22.8. The van der Waals surface area contributed by atoms with Crippen LogP contribution in [0.15, 0.2) is 72.8 Å². The van der Waals surface area contributed by atoms with E-state index in [1.54, 1.807) is 0 Å². The molecule has 2 N–H and O–H groups in total. The molecule has 4 rings (SSSR count). The highest BCUT2D eigenvalue weighted by molar-refractivity contribution is 5.90. The second kappa shape index (κ2) is 8.95. The van der Waals surface area contributed by atoms with E-state index in [-0.39, 0.29) is 26.4 Å². The topological polar surface area (TPSA) is 58.9 Å². The molecular formula is C25H24O4. The van der Waals surface area contributed by atoms with Crippen LogP contribution in [0.2, 0.25) is 0 Å². The molecular weight excluding hydrogens is 364 g/mol. The van der Waals surface area contributed by atoms with Gasteiger partial charge in [-0.2, -0.15) is 0 Å². The van der Waals surface area contributed by atoms with Gasteiger partial charge >= 0.3 is 0 Å². The molecule has 0 bridgehead atoms. The van der Waals surface area contributed by atoms with Crippen LogP contribution in [0.3, 0.4) is 0 Å². The Morgan fingerprint density at radius 1 is 0.586 bits per heavy atom. The summed E-state index contributed by atoms with van der Waals surface area (Å²) in [6.45, 7) is 0.504. The Balaban J connectivity index is 1.80. The monoisotopic (exact) mass is 388 g/mol. The summed E-state index contributed by atoms with van der Waals surface area (Å²) >= 11 is 0. The second-order valence-electron chi connectivity index (χ2n) is 6.93. The molecule has 0 saturated carbocycles. The first-order chi connectivity index (χ1) is 14.3. The quantitative estimate of drug-likeness (QED) is 0.472. The van der Waals surface area contributed by atoms with E-state index < -0.39 is 0 Å². The SMILES string of the molecule is OCCOc1cc(Cc2cc(OCCO)cc3ccccc23)c2ccccc2c1. The van der Waals surface area contributed by atoms with Crippen molar-refractivity contribution in [3.8, 4) is 11.5 Å². The largest absolute Gasteiger partial charge is 0.491 e. The molecule has 4 aromatic rings. The number of hydrogen-bond donors (Lipinski definition) is 2. The summed E-state index contributed by atoms with van der Waals surface area (Å²) in [5.41, 5.74) is 2.31. The van der Waals surface area contributed by atoms with Crippen LogP contribution in [0.1, 0.15) is 11.1 Å². The van der Waals surface area contributed by atoms with Crippen molar-refractivity contribution in [2.24, 2.45) is 0 Å². The van der Waals surface area contributed by atoms with E-state index in [4.69, 9.17) is 19.7 Å². The molecule has 0 atom stereocenters. The van der Waals surface area contributed by atoms with Crippen LogP contribution < -0.4 is 9.47 Å². The van der Waals surface area contributed by atoms with Crippen LogP contribution in [0.5, 0.6) is 11.5 Å². The Bertz CT molecular complexity index is 1030. The molecule has 0 radical (unpaired) electrons. The van der Waals surface area contributed by atoms with Crippen LogP contribution in [0.25, 0.3) is 21.5 Å². The molecule has 148 valence electrons. The lowest BCUT2D eigenvalue weighted by Gasteiger charge is -2.14. The molecule has 0 unspecified atom stereocenters. The highest BCUT2D eigenvalue weighted by atomic mass is 16.5. The number of benzene rings is 4. The minimum absolute atomic E-state index is 0.0168. The summed E-state index contributed by atoms with van der Waals surface area (Å²) < 4.78 is 11.4. The molecule has 0 spiro atoms. The Labute approximate surface area is 169 Å². The molecule has 0 aliphatic rings. The number of aliphatic hydroxyl groups excluding tert-OH is 2. The predicted octanol–water partition coefficient (Wildman–Crippen LogP) is 4.33. The van der Waals surface area contributed by atoms with Gasteiger partial charge < -0.3 is 19.7 Å². The first kappa shape index (κ1) is 19.2. The van der Waals surface area contributed by atoms with Crippen LogP contribution in [-0.2, 0) is 6.42 Å². The maximum atomic E-state index is 9.11. The maximum absolute atomic E-state index is 9.11. The van der Waals surface area contributed by atoms with Crippen molar-refractivity contribution < 1.29 is 19.7 Å². The minimum Gasteiger partial charge on any atom is -0.491 e. The first-order valence-electron chi connectivity index (χ1n) is 9.79. The molecule has 0 aliphatic heterocycles. The lowest BCUT2D eigenvalue weighted by atomic mass is 9.94. The zero-order valence-corrected chi connectivity index (χ0v) is 16.2. The summed E-state index contributed by atoms with van der Waals surface area (Å²) in [7, 11) is 0. The van der Waals surface area contributed by atoms with Gasteiger partial charge in [0.25, 0.3) is 0 Å². The molecule has 0 aliphatic carbocycles. The van der Waals surface area contributed by atoms with E-state index >= 15 is 0 Å². The van der Waals surface area contributed by atoms with E-state index in [2.05, 4.69) is 24.3 Å². The summed E-state index contributed by atoms with van der Waals surface area (Å²) in [6, 6.07) is 24.6. The molecule has 0 heterocycles. The highest BCUT2D eigenvalue weighted by Crippen LogP contribution is 2.31. The van der Waals surface area contributed by atoms with Gasteiger partial charge in [0.15, 0.2) is 0 Å². The molecule has 0 aromatic heterocycles. The third-order valence-corrected chi connectivity index (χ3v) is 4.94. The second-order valence-corrected chi connectivity index (χ2v) is 6.93. The van der Waals surface area contributed by atoms with Gasteiger partial charge in [-0.3, -0.25) is 0 Å². The fraction of sp³-hybridized carbons (Fsp3) is 0.200. The Morgan fingerprint density at radius 3 is 1.48 bits per heavy atom. The third-order valence-electron chi connectivity index (χ3n) is 4.94. The zero-order chi connectivity index (χ0) is 20.1. The van der Waals surface area contributed by atoms with Gasteiger partial charge in [-0.1, -0.05) is 48.5 Å². The van der Waals surface area contributed by atoms with Crippen LogP contribution in [-0.4, -0.2) is 36.6 Å². The number of rotatable bonds is 8. The Morgan fingerprint density at radius 2 is 1.03 bits per heavy atom. The van der Waals surface area contributed by atoms with Crippen molar-refractivity contribution in [2.75, 3.05) is 26.4 Å². The van der Waals surface area contributed by atoms with Crippen molar-refractivity contribution in [1.29, 1.82) is 0 Å². The van der Waals surface area contributed by atoms with Crippen LogP contribution in [0, 0.1) is 0 Å². The van der Waals surface area contributed by atoms with E-state index in [0.29, 0.717) is 6.42 Å². The third kappa shape index (κ3) is 4.34. The van der Waals surface area contributed by atoms with Crippen molar-refractivity contribution >= 4 is 21.5 Å². The Kier molecular flexibility index (Phi) is 5.94. The average Bonchev–Trinajstić information content (AvgIpc) is 2.76. The van der Waals surface area contributed by atoms with Crippen molar-refractivity contribution in [3.05, 3.63) is 83.9 Å². The number of hydrogen-bond acceptors (Lipinski definition) is 4. The normalized spacial score (nSPS) is 11.1. The first-order valence-corrected chi connectivity index (χ1v) is 9.79. The van der Waals surface area contributed by atoms with E-state index in [1.807, 2.05) is 48.5 Å². The van der Waals surface area contributed by atoms with Gasteiger partial charge in [-0.25, -0.2) is 0 Å². The van der Waals surface area contributed by atoms with Gasteiger partial charge in [0.2, 0.25) is 0 Å². The van der Waals surface area contributed by atoms with E-state index in [0.717, 1.165) is 33.4 Å². The lowest BCUT2D eigenvalue weighted by Crippen LogP contribution is -2.03. The van der Waals surface area contributed by atoms with Crippen molar-refractivity contribution in [1.82, 2.24) is 0 Å². The number of fused-ring (bicyclic) bond motifs is 2. The van der Waals surface area contributed by atoms with Gasteiger partial charge in [-0.05, 0) is 63.4 Å². The number of ether oxygens (including phenoxy) is 2. The summed E-state index contributed by atoms with van der Waals surface area (Å²) in [5.74, 6) is 1.51. The van der Waals surface area contributed by atoms with E-state index in [9.17, 15) is 0 Å². The lowest BCUT2D eigenvalue weighted by molar-refractivity contribution is 0.201. The van der Waals surface area contributed by atoms with Gasteiger partial charge in [0.05, 0.1) is 13.2 Å². The molecule has 4 aromatic carbocycles. The van der Waals surface area contributed by atoms with Crippen molar-refractivity contribution in [2.45, 2.75) is 6.42 Å². The molecule has 0 saturated heterocycles. The van der Waals surface area contributed by atoms with Gasteiger partial charge in [0, 0.05) is 0 Å². The maximum Gasteiger partial charge on any atom is 0.120 e. The molecule has 0 fully saturated rings. The zero-order valence-electron chi connectivity index (χ0n) is 16.2. The Hall–Kier alpha value is -3.08.